The molecule has 19 heavy (non-hydrogen) atoms. The molecule has 1 aromatic carbocycles. The highest BCUT2D eigenvalue weighted by Crippen LogP contribution is 2.14. The van der Waals surface area contributed by atoms with Crippen LogP contribution in [0.3, 0.4) is 0 Å². The fourth-order valence-corrected chi connectivity index (χ4v) is 1.96. The molecule has 0 aromatic heterocycles. The van der Waals surface area contributed by atoms with Crippen LogP contribution in [-0.2, 0) is 11.3 Å². The largest absolute Gasteiger partial charge is 0.322 e. The van der Waals surface area contributed by atoms with E-state index in [9.17, 15) is 4.79 Å². The summed E-state index contributed by atoms with van der Waals surface area (Å²) in [4.78, 5) is 14.1. The number of amides is 1. The van der Waals surface area contributed by atoms with Crippen molar-refractivity contribution in [3.8, 4) is 0 Å². The van der Waals surface area contributed by atoms with Gasteiger partial charge in [0.15, 0.2) is 0 Å². The molecule has 102 valence electrons. The van der Waals surface area contributed by atoms with Crippen molar-refractivity contribution >= 4 is 11.6 Å². The molecule has 0 spiro atoms. The molecule has 1 aliphatic rings. The number of nitrogens with one attached hydrogen (secondary N) is 2. The maximum absolute atomic E-state index is 12.0. The second-order valence-electron chi connectivity index (χ2n) is 5.22. The van der Waals surface area contributed by atoms with Gasteiger partial charge in [0.05, 0.1) is 0 Å². The Morgan fingerprint density at radius 1 is 1.26 bits per heavy atom. The number of hydrogen-bond donors (Lipinski definition) is 2. The molecule has 4 nitrogen and oxygen atoms in total. The van der Waals surface area contributed by atoms with E-state index in [1.807, 2.05) is 45.3 Å². The third-order valence-corrected chi connectivity index (χ3v) is 3.26. The molecule has 1 fully saturated rings. The van der Waals surface area contributed by atoms with E-state index in [4.69, 9.17) is 0 Å². The Morgan fingerprint density at radius 2 is 1.89 bits per heavy atom. The van der Waals surface area contributed by atoms with Crippen molar-refractivity contribution in [2.45, 2.75) is 13.5 Å². The first-order valence-electron chi connectivity index (χ1n) is 6.50. The lowest BCUT2D eigenvalue weighted by molar-refractivity contribution is -0.112. The first kappa shape index (κ1) is 13.8. The van der Waals surface area contributed by atoms with E-state index in [1.165, 1.54) is 11.1 Å². The van der Waals surface area contributed by atoms with Crippen molar-refractivity contribution < 1.29 is 4.79 Å². The van der Waals surface area contributed by atoms with E-state index in [0.717, 1.165) is 30.9 Å². The number of carbonyl (C=O) groups excluding carboxylic acids is 1. The third kappa shape index (κ3) is 3.66. The zero-order valence-corrected chi connectivity index (χ0v) is 11.8. The van der Waals surface area contributed by atoms with Gasteiger partial charge in [-0.25, -0.2) is 0 Å². The van der Waals surface area contributed by atoms with Gasteiger partial charge >= 0.3 is 0 Å². The Kier molecular flexibility index (Phi) is 4.35. The van der Waals surface area contributed by atoms with E-state index in [1.54, 1.807) is 0 Å². The first-order chi connectivity index (χ1) is 9.06. The molecule has 0 bridgehead atoms. The van der Waals surface area contributed by atoms with Crippen molar-refractivity contribution in [2.75, 3.05) is 32.5 Å². The van der Waals surface area contributed by atoms with Crippen LogP contribution < -0.4 is 10.6 Å². The molecular weight excluding hydrogens is 238 g/mol. The molecule has 0 radical (unpaired) electrons. The fourth-order valence-electron chi connectivity index (χ4n) is 1.96. The van der Waals surface area contributed by atoms with Crippen LogP contribution in [0.4, 0.5) is 5.69 Å². The lowest BCUT2D eigenvalue weighted by atomic mass is 10.0. The smallest absolute Gasteiger partial charge is 0.251 e. The number of hydrogen-bond acceptors (Lipinski definition) is 3. The van der Waals surface area contributed by atoms with Crippen LogP contribution >= 0.6 is 0 Å². The monoisotopic (exact) mass is 259 g/mol. The van der Waals surface area contributed by atoms with E-state index >= 15 is 0 Å². The van der Waals surface area contributed by atoms with Gasteiger partial charge in [-0.1, -0.05) is 12.1 Å². The molecule has 0 aliphatic carbocycles. The summed E-state index contributed by atoms with van der Waals surface area (Å²) in [7, 11) is 4.08. The number of rotatable bonds is 4. The second-order valence-corrected chi connectivity index (χ2v) is 5.22. The molecule has 2 rings (SSSR count). The Morgan fingerprint density at radius 3 is 2.37 bits per heavy atom. The summed E-state index contributed by atoms with van der Waals surface area (Å²) < 4.78 is 0. The molecule has 0 atom stereocenters. The topological polar surface area (TPSA) is 44.4 Å². The van der Waals surface area contributed by atoms with Crippen molar-refractivity contribution in [3.63, 3.8) is 0 Å². The van der Waals surface area contributed by atoms with Gasteiger partial charge in [-0.3, -0.25) is 4.79 Å². The molecular formula is C15H21N3O. The summed E-state index contributed by atoms with van der Waals surface area (Å²) in [6, 6.07) is 7.99. The van der Waals surface area contributed by atoms with Crippen LogP contribution in [0.2, 0.25) is 0 Å². The van der Waals surface area contributed by atoms with E-state index < -0.39 is 0 Å². The van der Waals surface area contributed by atoms with Gasteiger partial charge in [-0.05, 0) is 44.3 Å². The molecule has 1 amide bonds. The Labute approximate surface area is 114 Å². The van der Waals surface area contributed by atoms with Crippen molar-refractivity contribution in [2.24, 2.45) is 0 Å². The van der Waals surface area contributed by atoms with Crippen LogP contribution in [0.5, 0.6) is 0 Å². The molecule has 1 heterocycles. The Bertz CT molecular complexity index is 483. The third-order valence-electron chi connectivity index (χ3n) is 3.26. The molecule has 4 heteroatoms. The SMILES string of the molecule is CC(C(=O)Nc1ccc(CN(C)C)cc1)=C1CNC1. The average Bonchev–Trinajstić information content (AvgIpc) is 2.28. The molecule has 1 aliphatic heterocycles. The number of benzene rings is 1. The van der Waals surface area contributed by atoms with Gasteiger partial charge in [0, 0.05) is 30.9 Å². The standard InChI is InChI=1S/C15H21N3O/c1-11(13-8-16-9-13)15(19)17-14-6-4-12(5-7-14)10-18(2)3/h4-7,16H,8-10H2,1-3H3,(H,17,19). The summed E-state index contributed by atoms with van der Waals surface area (Å²) >= 11 is 0. The van der Waals surface area contributed by atoms with Crippen LogP contribution in [-0.4, -0.2) is 38.0 Å². The lowest BCUT2D eigenvalue weighted by Gasteiger charge is -2.21. The zero-order valence-electron chi connectivity index (χ0n) is 11.8. The van der Waals surface area contributed by atoms with Crippen LogP contribution in [0, 0.1) is 0 Å². The minimum atomic E-state index is -0.00291. The van der Waals surface area contributed by atoms with Gasteiger partial charge in [0.25, 0.3) is 5.91 Å². The maximum atomic E-state index is 12.0. The maximum Gasteiger partial charge on any atom is 0.251 e. The van der Waals surface area contributed by atoms with E-state index in [2.05, 4.69) is 15.5 Å². The van der Waals surface area contributed by atoms with Gasteiger partial charge in [-0.15, -0.1) is 0 Å². The predicted octanol–water partition coefficient (Wildman–Crippen LogP) is 1.61. The van der Waals surface area contributed by atoms with Crippen LogP contribution in [0.1, 0.15) is 12.5 Å². The quantitative estimate of drug-likeness (QED) is 0.807. The lowest BCUT2D eigenvalue weighted by Crippen LogP contribution is -2.36. The highest BCUT2D eigenvalue weighted by atomic mass is 16.1. The van der Waals surface area contributed by atoms with Crippen molar-refractivity contribution in [3.05, 3.63) is 41.0 Å². The summed E-state index contributed by atoms with van der Waals surface area (Å²) in [6.45, 7) is 4.46. The summed E-state index contributed by atoms with van der Waals surface area (Å²) in [5.74, 6) is -0.00291. The normalized spacial score (nSPS) is 14.2. The minimum absolute atomic E-state index is 0.00291. The zero-order chi connectivity index (χ0) is 13.8. The highest BCUT2D eigenvalue weighted by molar-refractivity contribution is 6.04. The molecule has 0 unspecified atom stereocenters. The highest BCUT2D eigenvalue weighted by Gasteiger charge is 2.15. The Balaban J connectivity index is 1.97. The molecule has 1 saturated heterocycles. The van der Waals surface area contributed by atoms with Gasteiger partial charge in [-0.2, -0.15) is 0 Å². The molecule has 1 aromatic rings. The second kappa shape index (κ2) is 5.99. The van der Waals surface area contributed by atoms with Crippen molar-refractivity contribution in [1.82, 2.24) is 10.2 Å². The van der Waals surface area contributed by atoms with Crippen molar-refractivity contribution in [1.29, 1.82) is 0 Å². The van der Waals surface area contributed by atoms with Gasteiger partial charge < -0.3 is 15.5 Å². The van der Waals surface area contributed by atoms with Crippen LogP contribution in [0.25, 0.3) is 0 Å². The van der Waals surface area contributed by atoms with Crippen LogP contribution in [0.15, 0.2) is 35.4 Å². The summed E-state index contributed by atoms with van der Waals surface area (Å²) in [5, 5.41) is 6.08. The number of anilines is 1. The van der Waals surface area contributed by atoms with E-state index in [0.29, 0.717) is 0 Å². The summed E-state index contributed by atoms with van der Waals surface area (Å²) in [6.07, 6.45) is 0. The fraction of sp³-hybridized carbons (Fsp3) is 0.400. The minimum Gasteiger partial charge on any atom is -0.322 e. The predicted molar refractivity (Wildman–Crippen MR) is 78.0 cm³/mol. The van der Waals surface area contributed by atoms with E-state index in [-0.39, 0.29) is 5.91 Å². The molecule has 2 N–H and O–H groups in total. The number of carbonyl (C=O) groups is 1. The summed E-state index contributed by atoms with van der Waals surface area (Å²) in [5.41, 5.74) is 4.11. The first-order valence-corrected chi connectivity index (χ1v) is 6.50. The Hall–Kier alpha value is -1.65. The number of nitrogens with zero attached hydrogens (tertiary/aromatic N) is 1. The van der Waals surface area contributed by atoms with Gasteiger partial charge in [0.2, 0.25) is 0 Å². The molecule has 0 saturated carbocycles. The average molecular weight is 259 g/mol. The van der Waals surface area contributed by atoms with Gasteiger partial charge in [0.1, 0.15) is 0 Å².